The van der Waals surface area contributed by atoms with E-state index in [1.54, 1.807) is 6.07 Å². The van der Waals surface area contributed by atoms with Crippen molar-refractivity contribution in [3.63, 3.8) is 0 Å². The molecule has 0 atom stereocenters. The van der Waals surface area contributed by atoms with Gasteiger partial charge in [0.05, 0.1) is 28.8 Å². The molecule has 0 N–H and O–H groups in total. The summed E-state index contributed by atoms with van der Waals surface area (Å²) in [6, 6.07) is 31.2. The second-order valence-electron chi connectivity index (χ2n) is 8.42. The molecule has 0 aliphatic heterocycles. The normalized spacial score (nSPS) is 11.3. The fourth-order valence-corrected chi connectivity index (χ4v) is 4.93. The van der Waals surface area contributed by atoms with Gasteiger partial charge in [0, 0.05) is 26.3 Å². The molecule has 0 saturated carbocycles. The van der Waals surface area contributed by atoms with E-state index in [0.717, 1.165) is 43.8 Å². The smallest absolute Gasteiger partial charge is 0.145 e. The summed E-state index contributed by atoms with van der Waals surface area (Å²) in [6.07, 6.45) is 2.00. The molecule has 36 heavy (non-hydrogen) atoms. The zero-order valence-electron chi connectivity index (χ0n) is 18.9. The molecule has 6 aromatic rings. The highest BCUT2D eigenvalue weighted by Gasteiger charge is 2.21. The van der Waals surface area contributed by atoms with Crippen molar-refractivity contribution in [2.24, 2.45) is 0 Å². The van der Waals surface area contributed by atoms with Gasteiger partial charge in [0.15, 0.2) is 0 Å². The predicted molar refractivity (Wildman–Crippen MR) is 149 cm³/mol. The van der Waals surface area contributed by atoms with Crippen LogP contribution in [0.4, 0.5) is 4.39 Å². The van der Waals surface area contributed by atoms with Crippen molar-refractivity contribution in [1.29, 1.82) is 0 Å². The van der Waals surface area contributed by atoms with E-state index in [-0.39, 0.29) is 5.82 Å². The van der Waals surface area contributed by atoms with Gasteiger partial charge in [-0.2, -0.15) is 5.10 Å². The third-order valence-electron chi connectivity index (χ3n) is 6.09. The van der Waals surface area contributed by atoms with Crippen LogP contribution in [0.2, 0.25) is 0 Å². The molecule has 176 valence electrons. The Kier molecular flexibility index (Phi) is 6.03. The predicted octanol–water partition coefficient (Wildman–Crippen LogP) is 8.27. The quantitative estimate of drug-likeness (QED) is 0.199. The first kappa shape index (κ1) is 22.9. The third-order valence-corrected chi connectivity index (χ3v) is 7.11. The average molecular weight is 602 g/mol. The van der Waals surface area contributed by atoms with Crippen LogP contribution in [-0.2, 0) is 6.54 Å². The Morgan fingerprint density at radius 2 is 1.50 bits per heavy atom. The van der Waals surface area contributed by atoms with Gasteiger partial charge in [-0.3, -0.25) is 0 Å². The molecule has 0 saturated heterocycles. The maximum atomic E-state index is 14.9. The Morgan fingerprint density at radius 1 is 0.778 bits per heavy atom. The summed E-state index contributed by atoms with van der Waals surface area (Å²) in [5.41, 5.74) is 5.96. The SMILES string of the molecule is Fc1cc(Br)ccc1Cn1c(-c2cn(-c3ccccc3)nc2-c2ccc(Br)cc2)nc2ccccc21. The molecular weight excluding hydrogens is 583 g/mol. The van der Waals surface area contributed by atoms with Gasteiger partial charge >= 0.3 is 0 Å². The van der Waals surface area contributed by atoms with E-state index in [1.165, 1.54) is 6.07 Å². The maximum absolute atomic E-state index is 14.9. The molecule has 4 nitrogen and oxygen atoms in total. The number of imidazole rings is 1. The fourth-order valence-electron chi connectivity index (χ4n) is 4.33. The van der Waals surface area contributed by atoms with Crippen molar-refractivity contribution in [2.75, 3.05) is 0 Å². The lowest BCUT2D eigenvalue weighted by Gasteiger charge is -2.11. The number of nitrogens with zero attached hydrogens (tertiary/aromatic N) is 4. The summed E-state index contributed by atoms with van der Waals surface area (Å²) >= 11 is 6.88. The zero-order valence-corrected chi connectivity index (χ0v) is 22.1. The minimum absolute atomic E-state index is 0.263. The molecule has 0 radical (unpaired) electrons. The molecule has 2 heterocycles. The van der Waals surface area contributed by atoms with Gasteiger partial charge in [0.25, 0.3) is 0 Å². The highest BCUT2D eigenvalue weighted by molar-refractivity contribution is 9.10. The van der Waals surface area contributed by atoms with Crippen molar-refractivity contribution >= 4 is 42.9 Å². The molecule has 7 heteroatoms. The summed E-state index contributed by atoms with van der Waals surface area (Å²) in [4.78, 5) is 5.01. The van der Waals surface area contributed by atoms with Crippen LogP contribution >= 0.6 is 31.9 Å². The number of para-hydroxylation sites is 3. The van der Waals surface area contributed by atoms with Gasteiger partial charge < -0.3 is 4.57 Å². The average Bonchev–Trinajstić information content (AvgIpc) is 3.49. The van der Waals surface area contributed by atoms with Gasteiger partial charge in [-0.1, -0.05) is 80.4 Å². The molecule has 0 fully saturated rings. The lowest BCUT2D eigenvalue weighted by molar-refractivity contribution is 0.601. The van der Waals surface area contributed by atoms with E-state index in [1.807, 2.05) is 95.8 Å². The standard InChI is InChI=1S/C29H19Br2FN4/c30-21-13-10-19(11-14-21)28-24(18-36(34-28)23-6-2-1-3-7-23)29-33-26-8-4-5-9-27(26)35(29)17-20-12-15-22(31)16-25(20)32/h1-16,18H,17H2. The topological polar surface area (TPSA) is 35.6 Å². The minimum Gasteiger partial charge on any atom is -0.319 e. The van der Waals surface area contributed by atoms with E-state index in [4.69, 9.17) is 10.1 Å². The van der Waals surface area contributed by atoms with E-state index < -0.39 is 0 Å². The number of benzene rings is 4. The lowest BCUT2D eigenvalue weighted by Crippen LogP contribution is -2.04. The van der Waals surface area contributed by atoms with Crippen LogP contribution in [0, 0.1) is 5.82 Å². The molecular formula is C29H19Br2FN4. The van der Waals surface area contributed by atoms with Crippen molar-refractivity contribution < 1.29 is 4.39 Å². The van der Waals surface area contributed by atoms with Crippen molar-refractivity contribution in [2.45, 2.75) is 6.54 Å². The van der Waals surface area contributed by atoms with Crippen molar-refractivity contribution in [1.82, 2.24) is 19.3 Å². The largest absolute Gasteiger partial charge is 0.319 e. The number of hydrogen-bond donors (Lipinski definition) is 0. The molecule has 0 spiro atoms. The van der Waals surface area contributed by atoms with Crippen LogP contribution < -0.4 is 0 Å². The van der Waals surface area contributed by atoms with Crippen LogP contribution in [0.25, 0.3) is 39.4 Å². The number of rotatable bonds is 5. The Bertz CT molecular complexity index is 1690. The maximum Gasteiger partial charge on any atom is 0.145 e. The first-order valence-electron chi connectivity index (χ1n) is 11.4. The van der Waals surface area contributed by atoms with Crippen LogP contribution in [0.5, 0.6) is 0 Å². The molecule has 2 aromatic heterocycles. The highest BCUT2D eigenvalue weighted by atomic mass is 79.9. The fraction of sp³-hybridized carbons (Fsp3) is 0.0345. The molecule has 6 rings (SSSR count). The van der Waals surface area contributed by atoms with Crippen molar-refractivity contribution in [3.8, 4) is 28.3 Å². The van der Waals surface area contributed by atoms with E-state index >= 15 is 0 Å². The second kappa shape index (κ2) is 9.48. The molecule has 0 aliphatic rings. The van der Waals surface area contributed by atoms with E-state index in [0.29, 0.717) is 16.6 Å². The van der Waals surface area contributed by atoms with E-state index in [2.05, 4.69) is 36.4 Å². The molecule has 0 amide bonds. The second-order valence-corrected chi connectivity index (χ2v) is 10.3. The number of fused-ring (bicyclic) bond motifs is 1. The highest BCUT2D eigenvalue weighted by Crippen LogP contribution is 2.35. The number of halogens is 3. The number of hydrogen-bond acceptors (Lipinski definition) is 2. The van der Waals surface area contributed by atoms with Crippen LogP contribution in [0.3, 0.4) is 0 Å². The first-order valence-corrected chi connectivity index (χ1v) is 13.0. The summed E-state index contributed by atoms with van der Waals surface area (Å²) < 4.78 is 20.5. The van der Waals surface area contributed by atoms with Gasteiger partial charge in [-0.25, -0.2) is 14.1 Å². The first-order chi connectivity index (χ1) is 17.6. The van der Waals surface area contributed by atoms with Crippen LogP contribution in [-0.4, -0.2) is 19.3 Å². The molecule has 0 bridgehead atoms. The monoisotopic (exact) mass is 600 g/mol. The van der Waals surface area contributed by atoms with Crippen molar-refractivity contribution in [3.05, 3.63) is 124 Å². The molecule has 4 aromatic carbocycles. The zero-order chi connectivity index (χ0) is 24.6. The Balaban J connectivity index is 1.59. The molecule has 0 unspecified atom stereocenters. The summed E-state index contributed by atoms with van der Waals surface area (Å²) in [7, 11) is 0. The minimum atomic E-state index is -0.263. The molecule has 0 aliphatic carbocycles. The Morgan fingerprint density at radius 3 is 2.28 bits per heavy atom. The van der Waals surface area contributed by atoms with Gasteiger partial charge in [-0.05, 0) is 48.5 Å². The summed E-state index contributed by atoms with van der Waals surface area (Å²) in [5, 5.41) is 4.97. The summed E-state index contributed by atoms with van der Waals surface area (Å²) in [6.45, 7) is 0.339. The van der Waals surface area contributed by atoms with E-state index in [9.17, 15) is 4.39 Å². The third kappa shape index (κ3) is 4.29. The van der Waals surface area contributed by atoms with Crippen LogP contribution in [0.15, 0.2) is 112 Å². The van der Waals surface area contributed by atoms with Gasteiger partial charge in [0.1, 0.15) is 17.3 Å². The Labute approximate surface area is 224 Å². The van der Waals surface area contributed by atoms with Crippen LogP contribution in [0.1, 0.15) is 5.56 Å². The lowest BCUT2D eigenvalue weighted by atomic mass is 10.1. The van der Waals surface area contributed by atoms with Gasteiger partial charge in [0.2, 0.25) is 0 Å². The van der Waals surface area contributed by atoms with Gasteiger partial charge in [-0.15, -0.1) is 0 Å². The number of aromatic nitrogens is 4. The summed E-state index contributed by atoms with van der Waals surface area (Å²) in [5.74, 6) is 0.472. The Hall–Kier alpha value is -3.55.